The van der Waals surface area contributed by atoms with E-state index in [1.54, 1.807) is 12.1 Å². The maximum Gasteiger partial charge on any atom is 0.416 e. The van der Waals surface area contributed by atoms with E-state index in [1.165, 1.54) is 18.4 Å². The van der Waals surface area contributed by atoms with Crippen molar-refractivity contribution in [2.24, 2.45) is 0 Å². The van der Waals surface area contributed by atoms with Gasteiger partial charge in [0.2, 0.25) is 5.82 Å². The number of rotatable bonds is 3. The van der Waals surface area contributed by atoms with Crippen LogP contribution in [0.4, 0.5) is 26.3 Å². The second-order valence-corrected chi connectivity index (χ2v) is 7.02. The van der Waals surface area contributed by atoms with E-state index >= 15 is 0 Å². The van der Waals surface area contributed by atoms with Gasteiger partial charge in [-0.1, -0.05) is 17.3 Å². The highest BCUT2D eigenvalue weighted by Crippen LogP contribution is 2.38. The summed E-state index contributed by atoms with van der Waals surface area (Å²) in [5.41, 5.74) is -3.21. The molecule has 0 saturated heterocycles. The largest absolute Gasteiger partial charge is 0.416 e. The molecule has 0 aliphatic rings. The molecule has 0 radical (unpaired) electrons. The van der Waals surface area contributed by atoms with E-state index in [-0.39, 0.29) is 17.5 Å². The van der Waals surface area contributed by atoms with Crippen LogP contribution in [-0.2, 0) is 23.2 Å². The van der Waals surface area contributed by atoms with Crippen molar-refractivity contribution in [1.29, 1.82) is 0 Å². The summed E-state index contributed by atoms with van der Waals surface area (Å²) in [5.74, 6) is -0.630. The molecular weight excluding hydrogens is 410 g/mol. The van der Waals surface area contributed by atoms with Crippen molar-refractivity contribution >= 4 is 10.8 Å². The molecule has 3 aromatic rings. The molecule has 28 heavy (non-hydrogen) atoms. The van der Waals surface area contributed by atoms with Crippen molar-refractivity contribution in [3.63, 3.8) is 0 Å². The lowest BCUT2D eigenvalue weighted by Crippen LogP contribution is -2.11. The third kappa shape index (κ3) is 4.08. The van der Waals surface area contributed by atoms with Gasteiger partial charge in [0, 0.05) is 11.8 Å². The van der Waals surface area contributed by atoms with E-state index in [4.69, 9.17) is 4.52 Å². The Labute approximate surface area is 156 Å². The molecular formula is C17H10F6N2O2S. The fourth-order valence-corrected chi connectivity index (χ4v) is 3.16. The standard InChI is InChI=1S/C17H10F6N2O2S/c1-28(26)13-5-3-2-4-12(13)15-24-14(25-27-15)9-6-10(16(18,19)20)8-11(7-9)17(21,22)23/h2-8H,1H3/t28-/m1/s1. The first-order valence-electron chi connectivity index (χ1n) is 7.53. The second kappa shape index (κ2) is 7.04. The number of hydrogen-bond donors (Lipinski definition) is 0. The van der Waals surface area contributed by atoms with E-state index in [0.717, 1.165) is 0 Å². The Morgan fingerprint density at radius 3 is 2.04 bits per heavy atom. The van der Waals surface area contributed by atoms with Gasteiger partial charge in [-0.05, 0) is 30.3 Å². The Bertz CT molecular complexity index is 1010. The van der Waals surface area contributed by atoms with Crippen molar-refractivity contribution in [3.05, 3.63) is 53.6 Å². The van der Waals surface area contributed by atoms with Gasteiger partial charge < -0.3 is 4.52 Å². The molecule has 4 nitrogen and oxygen atoms in total. The molecule has 0 fully saturated rings. The Morgan fingerprint density at radius 1 is 0.929 bits per heavy atom. The number of halogens is 6. The highest BCUT2D eigenvalue weighted by Gasteiger charge is 2.37. The third-order valence-electron chi connectivity index (χ3n) is 3.70. The van der Waals surface area contributed by atoms with Gasteiger partial charge in [-0.3, -0.25) is 4.21 Å². The van der Waals surface area contributed by atoms with Crippen LogP contribution in [-0.4, -0.2) is 20.6 Å². The lowest BCUT2D eigenvalue weighted by Gasteiger charge is -2.12. The molecule has 0 amide bonds. The number of alkyl halides is 6. The first kappa shape index (κ1) is 20.1. The van der Waals surface area contributed by atoms with Crippen LogP contribution < -0.4 is 0 Å². The minimum atomic E-state index is -4.99. The van der Waals surface area contributed by atoms with Crippen molar-refractivity contribution < 1.29 is 35.1 Å². The lowest BCUT2D eigenvalue weighted by atomic mass is 10.0. The molecule has 0 saturated carbocycles. The summed E-state index contributed by atoms with van der Waals surface area (Å²) >= 11 is 0. The molecule has 0 N–H and O–H groups in total. The molecule has 0 aliphatic heterocycles. The molecule has 1 atom stereocenters. The van der Waals surface area contributed by atoms with Gasteiger partial charge in [0.25, 0.3) is 5.89 Å². The van der Waals surface area contributed by atoms with Crippen LogP contribution in [0.15, 0.2) is 51.9 Å². The fraction of sp³-hybridized carbons (Fsp3) is 0.176. The first-order chi connectivity index (χ1) is 13.0. The van der Waals surface area contributed by atoms with Gasteiger partial charge in [-0.25, -0.2) is 0 Å². The summed E-state index contributed by atoms with van der Waals surface area (Å²) in [7, 11) is -1.43. The maximum absolute atomic E-state index is 13.0. The quantitative estimate of drug-likeness (QED) is 0.548. The Balaban J connectivity index is 2.13. The lowest BCUT2D eigenvalue weighted by molar-refractivity contribution is -0.143. The van der Waals surface area contributed by atoms with Crippen molar-refractivity contribution in [1.82, 2.24) is 10.1 Å². The molecule has 0 spiro atoms. The van der Waals surface area contributed by atoms with Crippen molar-refractivity contribution in [3.8, 4) is 22.8 Å². The van der Waals surface area contributed by atoms with E-state index in [2.05, 4.69) is 10.1 Å². The van der Waals surface area contributed by atoms with Crippen LogP contribution in [0.5, 0.6) is 0 Å². The molecule has 2 aromatic carbocycles. The van der Waals surface area contributed by atoms with Crippen LogP contribution in [0.25, 0.3) is 22.8 Å². The molecule has 3 rings (SSSR count). The van der Waals surface area contributed by atoms with Gasteiger partial charge in [0.05, 0.1) is 32.4 Å². The normalized spacial score (nSPS) is 13.5. The number of nitrogens with zero attached hydrogens (tertiary/aromatic N) is 2. The van der Waals surface area contributed by atoms with Gasteiger partial charge in [0.1, 0.15) is 0 Å². The summed E-state index contributed by atoms with van der Waals surface area (Å²) in [6, 6.07) is 7.26. The van der Waals surface area contributed by atoms with Gasteiger partial charge >= 0.3 is 12.4 Å². The van der Waals surface area contributed by atoms with Crippen molar-refractivity contribution in [2.75, 3.05) is 6.26 Å². The molecule has 0 aliphatic carbocycles. The van der Waals surface area contributed by atoms with Gasteiger partial charge in [0.15, 0.2) is 0 Å². The van der Waals surface area contributed by atoms with Gasteiger partial charge in [-0.2, -0.15) is 31.3 Å². The van der Waals surface area contributed by atoms with Crippen molar-refractivity contribution in [2.45, 2.75) is 17.2 Å². The van der Waals surface area contributed by atoms with Gasteiger partial charge in [-0.15, -0.1) is 0 Å². The number of benzene rings is 2. The average molecular weight is 420 g/mol. The number of aromatic nitrogens is 2. The van der Waals surface area contributed by atoms with E-state index in [9.17, 15) is 30.6 Å². The minimum Gasteiger partial charge on any atom is -0.334 e. The Morgan fingerprint density at radius 2 is 1.50 bits per heavy atom. The first-order valence-corrected chi connectivity index (χ1v) is 9.09. The Hall–Kier alpha value is -2.69. The Kier molecular flexibility index (Phi) is 5.04. The molecule has 0 bridgehead atoms. The van der Waals surface area contributed by atoms with Crippen LogP contribution in [0.2, 0.25) is 0 Å². The highest BCUT2D eigenvalue weighted by atomic mass is 32.2. The summed E-state index contributed by atoms with van der Waals surface area (Å²) in [6.07, 6.45) is -8.58. The van der Waals surface area contributed by atoms with E-state index < -0.39 is 45.7 Å². The summed E-state index contributed by atoms with van der Waals surface area (Å²) in [6.45, 7) is 0. The summed E-state index contributed by atoms with van der Waals surface area (Å²) in [4.78, 5) is 4.22. The van der Waals surface area contributed by atoms with Crippen LogP contribution >= 0.6 is 0 Å². The zero-order valence-electron chi connectivity index (χ0n) is 13.9. The predicted molar refractivity (Wildman–Crippen MR) is 87.5 cm³/mol. The van der Waals surface area contributed by atoms with Crippen LogP contribution in [0, 0.1) is 0 Å². The monoisotopic (exact) mass is 420 g/mol. The fourth-order valence-electron chi connectivity index (χ4n) is 2.43. The zero-order chi connectivity index (χ0) is 20.7. The number of hydrogen-bond acceptors (Lipinski definition) is 4. The second-order valence-electron chi connectivity index (χ2n) is 5.67. The molecule has 148 valence electrons. The molecule has 1 aromatic heterocycles. The topological polar surface area (TPSA) is 56.0 Å². The smallest absolute Gasteiger partial charge is 0.334 e. The summed E-state index contributed by atoms with van der Waals surface area (Å²) in [5, 5.41) is 3.49. The molecule has 11 heteroatoms. The van der Waals surface area contributed by atoms with E-state index in [0.29, 0.717) is 17.0 Å². The summed E-state index contributed by atoms with van der Waals surface area (Å²) < 4.78 is 94.8. The highest BCUT2D eigenvalue weighted by molar-refractivity contribution is 7.84. The predicted octanol–water partition coefficient (Wildman–Crippen LogP) is 5.18. The SMILES string of the molecule is C[S@@](=O)c1ccccc1-c1nc(-c2cc(C(F)(F)F)cc(C(F)(F)F)c2)no1. The maximum atomic E-state index is 13.0. The molecule has 1 heterocycles. The van der Waals surface area contributed by atoms with Crippen LogP contribution in [0.1, 0.15) is 11.1 Å². The van der Waals surface area contributed by atoms with Crippen LogP contribution in [0.3, 0.4) is 0 Å². The average Bonchev–Trinajstić information content (AvgIpc) is 3.10. The third-order valence-corrected chi connectivity index (χ3v) is 4.67. The zero-order valence-corrected chi connectivity index (χ0v) is 14.7. The minimum absolute atomic E-state index is 0.0139. The van der Waals surface area contributed by atoms with E-state index in [1.807, 2.05) is 0 Å². The molecule has 0 unspecified atom stereocenters.